The molecule has 10 heteroatoms. The first-order valence-corrected chi connectivity index (χ1v) is 10.8. The molecule has 4 aromatic rings. The number of nitrogens with one attached hydrogen (secondary N) is 2. The minimum absolute atomic E-state index is 0.192. The van der Waals surface area contributed by atoms with Crippen molar-refractivity contribution in [1.82, 2.24) is 25.1 Å². The van der Waals surface area contributed by atoms with Crippen molar-refractivity contribution in [1.29, 1.82) is 0 Å². The number of methoxy groups -OCH3 is 1. The topological polar surface area (TPSA) is 93.4 Å². The van der Waals surface area contributed by atoms with Gasteiger partial charge >= 0.3 is 0 Å². The van der Waals surface area contributed by atoms with E-state index in [4.69, 9.17) is 17.0 Å². The van der Waals surface area contributed by atoms with Crippen molar-refractivity contribution in [2.24, 2.45) is 0 Å². The van der Waals surface area contributed by atoms with E-state index in [0.717, 1.165) is 39.0 Å². The molecule has 2 aromatic carbocycles. The Labute approximate surface area is 188 Å². The van der Waals surface area contributed by atoms with Crippen molar-refractivity contribution >= 4 is 45.2 Å². The number of fused-ring (bicyclic) bond motifs is 1. The van der Waals surface area contributed by atoms with E-state index in [1.807, 2.05) is 44.2 Å². The Morgan fingerprint density at radius 1 is 1.23 bits per heavy atom. The van der Waals surface area contributed by atoms with Crippen LogP contribution in [0.2, 0.25) is 0 Å². The van der Waals surface area contributed by atoms with Crippen LogP contribution in [0.1, 0.15) is 28.7 Å². The SMILES string of the molecule is CCc1nnc2sc(-c3cccc(NC(=S)NC(=O)c4cccc(C)c4OC)c3)nn12. The van der Waals surface area contributed by atoms with Crippen LogP contribution in [0, 0.1) is 6.92 Å². The van der Waals surface area contributed by atoms with E-state index in [9.17, 15) is 4.79 Å². The summed E-state index contributed by atoms with van der Waals surface area (Å²) in [4.78, 5) is 13.4. The van der Waals surface area contributed by atoms with Crippen LogP contribution >= 0.6 is 23.6 Å². The largest absolute Gasteiger partial charge is 0.496 e. The second-order valence-electron chi connectivity index (χ2n) is 6.72. The number of aromatic nitrogens is 4. The molecule has 31 heavy (non-hydrogen) atoms. The van der Waals surface area contributed by atoms with Gasteiger partial charge in [-0.25, -0.2) is 0 Å². The van der Waals surface area contributed by atoms with E-state index in [1.165, 1.54) is 18.4 Å². The number of benzene rings is 2. The zero-order chi connectivity index (χ0) is 22.0. The fraction of sp³-hybridized carbons (Fsp3) is 0.190. The van der Waals surface area contributed by atoms with Crippen LogP contribution in [0.3, 0.4) is 0 Å². The summed E-state index contributed by atoms with van der Waals surface area (Å²) < 4.78 is 7.12. The first kappa shape index (κ1) is 20.9. The Bertz CT molecular complexity index is 1280. The third-order valence-electron chi connectivity index (χ3n) is 4.63. The highest BCUT2D eigenvalue weighted by Gasteiger charge is 2.16. The highest BCUT2D eigenvalue weighted by molar-refractivity contribution is 7.80. The van der Waals surface area contributed by atoms with Crippen molar-refractivity contribution in [3.8, 4) is 16.3 Å². The van der Waals surface area contributed by atoms with E-state index in [1.54, 1.807) is 16.6 Å². The number of ether oxygens (including phenoxy) is 1. The van der Waals surface area contributed by atoms with Crippen LogP contribution in [-0.4, -0.2) is 37.9 Å². The van der Waals surface area contributed by atoms with Gasteiger partial charge in [-0.2, -0.15) is 9.61 Å². The molecule has 0 fully saturated rings. The minimum Gasteiger partial charge on any atom is -0.496 e. The summed E-state index contributed by atoms with van der Waals surface area (Å²) in [5.41, 5.74) is 2.95. The zero-order valence-corrected chi connectivity index (χ0v) is 18.8. The smallest absolute Gasteiger partial charge is 0.261 e. The number of carbonyl (C=O) groups excluding carboxylic acids is 1. The molecule has 8 nitrogen and oxygen atoms in total. The highest BCUT2D eigenvalue weighted by atomic mass is 32.1. The molecule has 2 N–H and O–H groups in total. The molecule has 0 radical (unpaired) electrons. The quantitative estimate of drug-likeness (QED) is 0.444. The number of hydrogen-bond donors (Lipinski definition) is 2. The number of nitrogens with zero attached hydrogens (tertiary/aromatic N) is 4. The second kappa shape index (κ2) is 8.78. The van der Waals surface area contributed by atoms with Gasteiger partial charge in [0.2, 0.25) is 4.96 Å². The minimum atomic E-state index is -0.338. The molecule has 2 aromatic heterocycles. The average Bonchev–Trinajstić information content (AvgIpc) is 3.34. The normalized spacial score (nSPS) is 10.8. The molecular formula is C21H20N6O2S2. The number of aryl methyl sites for hydroxylation is 2. The Balaban J connectivity index is 1.49. The number of thiocarbonyl (C=S) groups is 1. The number of hydrogen-bond acceptors (Lipinski definition) is 7. The Morgan fingerprint density at radius 2 is 2.03 bits per heavy atom. The van der Waals surface area contributed by atoms with Crippen molar-refractivity contribution in [3.63, 3.8) is 0 Å². The second-order valence-corrected chi connectivity index (χ2v) is 8.08. The maximum absolute atomic E-state index is 12.7. The van der Waals surface area contributed by atoms with Gasteiger partial charge in [0, 0.05) is 17.7 Å². The molecule has 0 aliphatic carbocycles. The lowest BCUT2D eigenvalue weighted by molar-refractivity contribution is 0.0974. The lowest BCUT2D eigenvalue weighted by Gasteiger charge is -2.13. The molecule has 0 unspecified atom stereocenters. The lowest BCUT2D eigenvalue weighted by Crippen LogP contribution is -2.34. The molecule has 0 atom stereocenters. The number of para-hydroxylation sites is 1. The lowest BCUT2D eigenvalue weighted by atomic mass is 10.1. The van der Waals surface area contributed by atoms with Gasteiger partial charge in [0.15, 0.2) is 10.9 Å². The van der Waals surface area contributed by atoms with Crippen molar-refractivity contribution < 1.29 is 9.53 Å². The third-order valence-corrected chi connectivity index (χ3v) is 5.78. The van der Waals surface area contributed by atoms with Gasteiger partial charge < -0.3 is 10.1 Å². The molecule has 2 heterocycles. The number of carbonyl (C=O) groups is 1. The van der Waals surface area contributed by atoms with Gasteiger partial charge in [0.1, 0.15) is 10.8 Å². The van der Waals surface area contributed by atoms with Gasteiger partial charge in [0.25, 0.3) is 5.91 Å². The molecule has 0 aliphatic heterocycles. The first-order valence-electron chi connectivity index (χ1n) is 9.57. The first-order chi connectivity index (χ1) is 15.0. The van der Waals surface area contributed by atoms with Crippen molar-refractivity contribution in [3.05, 3.63) is 59.4 Å². The maximum Gasteiger partial charge on any atom is 0.261 e. The monoisotopic (exact) mass is 452 g/mol. The fourth-order valence-corrected chi connectivity index (χ4v) is 4.22. The molecule has 0 spiro atoms. The molecule has 158 valence electrons. The van der Waals surface area contributed by atoms with Crippen LogP contribution in [0.15, 0.2) is 42.5 Å². The summed E-state index contributed by atoms with van der Waals surface area (Å²) in [7, 11) is 1.54. The summed E-state index contributed by atoms with van der Waals surface area (Å²) in [6, 6.07) is 13.0. The number of anilines is 1. The van der Waals surface area contributed by atoms with Gasteiger partial charge in [0.05, 0.1) is 12.7 Å². The van der Waals surface area contributed by atoms with E-state index in [-0.39, 0.29) is 11.0 Å². The molecule has 0 aliphatic rings. The predicted molar refractivity (Wildman–Crippen MR) is 125 cm³/mol. The third kappa shape index (κ3) is 4.25. The van der Waals surface area contributed by atoms with Gasteiger partial charge in [-0.3, -0.25) is 10.1 Å². The number of amides is 1. The Hall–Kier alpha value is -3.37. The summed E-state index contributed by atoms with van der Waals surface area (Å²) in [6.07, 6.45) is 0.756. The van der Waals surface area contributed by atoms with Gasteiger partial charge in [-0.15, -0.1) is 10.2 Å². The van der Waals surface area contributed by atoms with Crippen molar-refractivity contribution in [2.75, 3.05) is 12.4 Å². The van der Waals surface area contributed by atoms with Crippen LogP contribution in [-0.2, 0) is 6.42 Å². The van der Waals surface area contributed by atoms with Crippen molar-refractivity contribution in [2.45, 2.75) is 20.3 Å². The van der Waals surface area contributed by atoms with E-state index >= 15 is 0 Å². The molecule has 0 saturated carbocycles. The van der Waals surface area contributed by atoms with E-state index < -0.39 is 0 Å². The highest BCUT2D eigenvalue weighted by Crippen LogP contribution is 2.27. The van der Waals surface area contributed by atoms with E-state index in [0.29, 0.717) is 11.3 Å². The van der Waals surface area contributed by atoms with Crippen LogP contribution in [0.5, 0.6) is 5.75 Å². The molecule has 1 amide bonds. The number of rotatable bonds is 5. The van der Waals surface area contributed by atoms with Gasteiger partial charge in [-0.1, -0.05) is 42.5 Å². The van der Waals surface area contributed by atoms with Gasteiger partial charge in [-0.05, 0) is 42.9 Å². The zero-order valence-electron chi connectivity index (χ0n) is 17.2. The maximum atomic E-state index is 12.7. The predicted octanol–water partition coefficient (Wildman–Crippen LogP) is 3.86. The molecular weight excluding hydrogens is 432 g/mol. The van der Waals surface area contributed by atoms with Crippen LogP contribution in [0.25, 0.3) is 15.5 Å². The molecule has 4 rings (SSSR count). The Morgan fingerprint density at radius 3 is 2.81 bits per heavy atom. The summed E-state index contributed by atoms with van der Waals surface area (Å²) in [5.74, 6) is 1.01. The molecule has 0 saturated heterocycles. The summed E-state index contributed by atoms with van der Waals surface area (Å²) >= 11 is 6.80. The molecule has 0 bridgehead atoms. The van der Waals surface area contributed by atoms with E-state index in [2.05, 4.69) is 25.9 Å². The average molecular weight is 453 g/mol. The summed E-state index contributed by atoms with van der Waals surface area (Å²) in [6.45, 7) is 3.90. The standard InChI is InChI=1S/C21H20N6O2S2/c1-4-16-24-25-21-27(16)26-19(31-21)13-8-6-9-14(11-13)22-20(30)23-18(28)15-10-5-7-12(2)17(15)29-3/h5-11H,4H2,1-3H3,(H2,22,23,28,30). The fourth-order valence-electron chi connectivity index (χ4n) is 3.16. The summed E-state index contributed by atoms with van der Waals surface area (Å²) in [5, 5.41) is 19.7. The van der Waals surface area contributed by atoms with Crippen LogP contribution < -0.4 is 15.4 Å². The Kier molecular flexibility index (Phi) is 5.92. The van der Waals surface area contributed by atoms with Crippen LogP contribution in [0.4, 0.5) is 5.69 Å².